The van der Waals surface area contributed by atoms with Gasteiger partial charge in [0.05, 0.1) is 21.2 Å². The van der Waals surface area contributed by atoms with Crippen LogP contribution >= 0.6 is 11.3 Å². The lowest BCUT2D eigenvalue weighted by molar-refractivity contribution is -0.132. The van der Waals surface area contributed by atoms with Gasteiger partial charge in [-0.05, 0) is 76.0 Å². The van der Waals surface area contributed by atoms with Crippen molar-refractivity contribution >= 4 is 44.1 Å². The molecule has 14 heteroatoms. The first-order valence-electron chi connectivity index (χ1n) is 18.5. The van der Waals surface area contributed by atoms with E-state index in [1.165, 1.54) is 25.0 Å². The fourth-order valence-corrected chi connectivity index (χ4v) is 10.9. The number of aromatic nitrogens is 3. The van der Waals surface area contributed by atoms with E-state index in [2.05, 4.69) is 31.2 Å². The minimum absolute atomic E-state index is 0.0115. The number of thiophene rings is 1. The smallest absolute Gasteiger partial charge is 0.319 e. The Morgan fingerprint density at radius 1 is 1.13 bits per heavy atom. The summed E-state index contributed by atoms with van der Waals surface area (Å²) in [6.07, 6.45) is 6.79. The number of likely N-dealkylation sites (tertiary alicyclic amines) is 1. The van der Waals surface area contributed by atoms with Gasteiger partial charge in [-0.1, -0.05) is 0 Å². The number of amides is 1. The van der Waals surface area contributed by atoms with Crippen molar-refractivity contribution < 1.29 is 22.7 Å². The van der Waals surface area contributed by atoms with Crippen LogP contribution in [0.2, 0.25) is 0 Å². The number of piperidine rings is 1. The number of carbonyl (C=O) groups excluding carboxylic acids is 1. The number of pyridine rings is 1. The number of nitriles is 1. The number of hydrogen-bond acceptors (Lipinski definition) is 10. The zero-order chi connectivity index (χ0) is 35.5. The van der Waals surface area contributed by atoms with Crippen molar-refractivity contribution in [2.45, 2.75) is 81.7 Å². The molecule has 52 heavy (non-hydrogen) atoms. The summed E-state index contributed by atoms with van der Waals surface area (Å²) < 4.78 is 53.2. The first-order valence-corrected chi connectivity index (χ1v) is 19.4. The molecule has 1 saturated carbocycles. The zero-order valence-electron chi connectivity index (χ0n) is 28.9. The number of benzene rings is 1. The average molecular weight is 729 g/mol. The number of nitrogens with one attached hydrogen (secondary N) is 1. The highest BCUT2D eigenvalue weighted by atomic mass is 32.1. The molecule has 1 aromatic carbocycles. The summed E-state index contributed by atoms with van der Waals surface area (Å²) in [6, 6.07) is 5.29. The van der Waals surface area contributed by atoms with E-state index in [0.717, 1.165) is 43.6 Å². The predicted molar refractivity (Wildman–Crippen MR) is 190 cm³/mol. The average Bonchev–Trinajstić information content (AvgIpc) is 3.99. The predicted octanol–water partition coefficient (Wildman–Crippen LogP) is 5.50. The molecule has 8 heterocycles. The molecule has 1 amide bonds. The first kappa shape index (κ1) is 32.6. The Bertz CT molecular complexity index is 2190. The maximum atomic E-state index is 17.0. The summed E-state index contributed by atoms with van der Waals surface area (Å²) in [5.41, 5.74) is 0.137. The molecule has 0 radical (unpaired) electrons. The van der Waals surface area contributed by atoms with Crippen LogP contribution in [-0.4, -0.2) is 99.8 Å². The van der Waals surface area contributed by atoms with Crippen molar-refractivity contribution in [3.63, 3.8) is 0 Å². The molecule has 10 nitrogen and oxygen atoms in total. The maximum Gasteiger partial charge on any atom is 0.319 e. The highest BCUT2D eigenvalue weighted by Crippen LogP contribution is 2.45. The molecule has 3 aromatic heterocycles. The van der Waals surface area contributed by atoms with Crippen LogP contribution in [0.1, 0.15) is 55.4 Å². The van der Waals surface area contributed by atoms with Crippen molar-refractivity contribution in [2.24, 2.45) is 11.8 Å². The summed E-state index contributed by atoms with van der Waals surface area (Å²) in [4.78, 5) is 34.5. The van der Waals surface area contributed by atoms with Crippen LogP contribution < -0.4 is 15.0 Å². The van der Waals surface area contributed by atoms with Crippen LogP contribution in [0, 0.1) is 41.7 Å². The second-order valence-electron chi connectivity index (χ2n) is 15.7. The molecule has 1 N–H and O–H groups in total. The molecule has 6 fully saturated rings. The Kier molecular flexibility index (Phi) is 7.51. The third kappa shape index (κ3) is 5.10. The molecule has 5 saturated heterocycles. The number of alkyl halides is 1. The summed E-state index contributed by atoms with van der Waals surface area (Å²) in [5.74, 6) is 0.401. The molecule has 0 unspecified atom stereocenters. The van der Waals surface area contributed by atoms with E-state index in [9.17, 15) is 18.8 Å². The summed E-state index contributed by atoms with van der Waals surface area (Å²) in [6.45, 7) is 5.10. The number of ether oxygens (including phenoxy) is 1. The van der Waals surface area contributed by atoms with Crippen molar-refractivity contribution in [1.29, 1.82) is 5.26 Å². The number of hydrogen-bond donors (Lipinski definition) is 1. The van der Waals surface area contributed by atoms with Gasteiger partial charge in [-0.2, -0.15) is 15.2 Å². The van der Waals surface area contributed by atoms with Gasteiger partial charge in [0.1, 0.15) is 47.7 Å². The van der Waals surface area contributed by atoms with E-state index in [0.29, 0.717) is 77.2 Å². The summed E-state index contributed by atoms with van der Waals surface area (Å²) in [7, 11) is 0. The van der Waals surface area contributed by atoms with Gasteiger partial charge in [0.2, 0.25) is 5.91 Å². The largest absolute Gasteiger partial charge is 0.461 e. The first-order chi connectivity index (χ1) is 25.2. The third-order valence-corrected chi connectivity index (χ3v) is 13.8. The van der Waals surface area contributed by atoms with E-state index < -0.39 is 23.3 Å². The van der Waals surface area contributed by atoms with Gasteiger partial charge in [-0.3, -0.25) is 20.0 Å². The molecule has 4 aromatic rings. The van der Waals surface area contributed by atoms with Gasteiger partial charge < -0.3 is 14.5 Å². The molecule has 6 atom stereocenters. The van der Waals surface area contributed by atoms with Gasteiger partial charge in [0.25, 0.3) is 0 Å². The molecule has 6 aliphatic rings. The van der Waals surface area contributed by atoms with Gasteiger partial charge in [-0.25, -0.2) is 13.2 Å². The standard InChI is InChI=1S/C38H39F3N8O2S/c1-19-24(14-42)28-23(5-6-26(40)34(28)52-19)31-29(41)32-25(15-43-31)35(46-37(45-32)51-18-38-9-2-10-48(38)17-22(39)13-38)49-12-7-21-16-47(11-8-27(21)49)36(50)33-30(44-33)20-3-4-20/h5-6,15,20-22,27,30,33,44H,2-4,7-13,16-18H2,1H3/t21-,22+,27+,30-,33+,38-/m0/s1. The van der Waals surface area contributed by atoms with Crippen LogP contribution in [0.25, 0.3) is 32.2 Å². The zero-order valence-corrected chi connectivity index (χ0v) is 29.7. The van der Waals surface area contributed by atoms with E-state index in [1.54, 1.807) is 13.1 Å². The highest BCUT2D eigenvalue weighted by molar-refractivity contribution is 7.19. The Balaban J connectivity index is 1.02. The Labute approximate surface area is 303 Å². The number of halogens is 3. The monoisotopic (exact) mass is 728 g/mol. The van der Waals surface area contributed by atoms with E-state index in [4.69, 9.17) is 9.72 Å². The topological polar surface area (TPSA) is 120 Å². The van der Waals surface area contributed by atoms with Crippen LogP contribution in [0.5, 0.6) is 6.01 Å². The van der Waals surface area contributed by atoms with E-state index in [-0.39, 0.29) is 52.4 Å². The summed E-state index contributed by atoms with van der Waals surface area (Å²) >= 11 is 1.16. The molecule has 0 spiro atoms. The minimum atomic E-state index is -0.927. The second kappa shape index (κ2) is 12.0. The van der Waals surface area contributed by atoms with Gasteiger partial charge in [0.15, 0.2) is 5.82 Å². The van der Waals surface area contributed by atoms with E-state index >= 15 is 4.39 Å². The van der Waals surface area contributed by atoms with Crippen molar-refractivity contribution in [2.75, 3.05) is 44.2 Å². The molecule has 10 rings (SSSR count). The normalized spacial score (nSPS) is 29.9. The number of aryl methyl sites for hydroxylation is 1. The van der Waals surface area contributed by atoms with Crippen molar-refractivity contribution in [3.8, 4) is 23.3 Å². The number of anilines is 1. The second-order valence-corrected chi connectivity index (χ2v) is 16.9. The van der Waals surface area contributed by atoms with Crippen LogP contribution in [-0.2, 0) is 4.79 Å². The SMILES string of the molecule is Cc1sc2c(F)ccc(-c3ncc4c(N5CC[C@H]6CN(C(=O)[C@@H]7N[C@H]7C7CC7)CC[C@H]65)nc(OC[C@@]56CCCN5C[C@H](F)C6)nc4c3F)c2c1C#N. The van der Waals surface area contributed by atoms with Gasteiger partial charge in [-0.15, -0.1) is 11.3 Å². The molecule has 5 aliphatic heterocycles. The Morgan fingerprint density at radius 3 is 2.83 bits per heavy atom. The molecule has 0 bridgehead atoms. The fraction of sp³-hybridized carbons (Fsp3) is 0.553. The summed E-state index contributed by atoms with van der Waals surface area (Å²) in [5, 5.41) is 14.1. The number of nitrogens with zero attached hydrogens (tertiary/aromatic N) is 7. The molecule has 270 valence electrons. The third-order valence-electron chi connectivity index (χ3n) is 12.6. The lowest BCUT2D eigenvalue weighted by atomic mass is 9.92. The quantitative estimate of drug-likeness (QED) is 0.246. The van der Waals surface area contributed by atoms with Crippen molar-refractivity contribution in [1.82, 2.24) is 30.1 Å². The molecular weight excluding hydrogens is 690 g/mol. The Morgan fingerprint density at radius 2 is 2.00 bits per heavy atom. The maximum absolute atomic E-state index is 17.0. The number of rotatable bonds is 7. The van der Waals surface area contributed by atoms with Crippen LogP contribution in [0.15, 0.2) is 18.3 Å². The fourth-order valence-electron chi connectivity index (χ4n) is 9.84. The van der Waals surface area contributed by atoms with Gasteiger partial charge >= 0.3 is 6.01 Å². The van der Waals surface area contributed by atoms with Gasteiger partial charge in [0, 0.05) is 66.7 Å². The highest BCUT2D eigenvalue weighted by Gasteiger charge is 2.53. The lowest BCUT2D eigenvalue weighted by Crippen LogP contribution is -2.50. The minimum Gasteiger partial charge on any atom is -0.461 e. The Hall–Kier alpha value is -4.06. The van der Waals surface area contributed by atoms with Crippen LogP contribution in [0.4, 0.5) is 19.0 Å². The van der Waals surface area contributed by atoms with Crippen LogP contribution in [0.3, 0.4) is 0 Å². The number of carbonyl (C=O) groups is 1. The number of fused-ring (bicyclic) bond motifs is 4. The molecule has 1 aliphatic carbocycles. The lowest BCUT2D eigenvalue weighted by Gasteiger charge is -2.38. The van der Waals surface area contributed by atoms with Crippen molar-refractivity contribution in [3.05, 3.63) is 40.4 Å². The molecular formula is C38H39F3N8O2S. The van der Waals surface area contributed by atoms with E-state index in [1.807, 2.05) is 4.90 Å².